The van der Waals surface area contributed by atoms with Crippen LogP contribution in [0.1, 0.15) is 58.3 Å². The third-order valence-electron chi connectivity index (χ3n) is 5.17. The highest BCUT2D eigenvalue weighted by molar-refractivity contribution is 5.80. The largest absolute Gasteiger partial charge is 0.480 e. The Morgan fingerprint density at radius 2 is 1.89 bits per heavy atom. The summed E-state index contributed by atoms with van der Waals surface area (Å²) in [7, 11) is 0. The van der Waals surface area contributed by atoms with Gasteiger partial charge >= 0.3 is 5.97 Å². The zero-order valence-electron chi connectivity index (χ0n) is 11.9. The summed E-state index contributed by atoms with van der Waals surface area (Å²) in [5.74, 6) is -0.645. The minimum atomic E-state index is -0.690. The van der Waals surface area contributed by atoms with E-state index in [9.17, 15) is 9.90 Å². The van der Waals surface area contributed by atoms with Gasteiger partial charge < -0.3 is 5.11 Å². The Hall–Kier alpha value is -0.610. The SMILES string of the molecule is CC1CC(NC2CCCCC2)(C(=O)O)CN1C1CC1. The standard InChI is InChI=1S/C15H26N2O2/c1-11-9-15(14(18)19,10-17(11)13-7-8-13)16-12-5-3-2-4-6-12/h11-13,16H,2-10H2,1H3,(H,18,19). The molecule has 1 saturated heterocycles. The molecule has 19 heavy (non-hydrogen) atoms. The molecule has 0 radical (unpaired) electrons. The van der Waals surface area contributed by atoms with Gasteiger partial charge in [0.25, 0.3) is 0 Å². The van der Waals surface area contributed by atoms with Crippen molar-refractivity contribution in [2.24, 2.45) is 0 Å². The molecule has 2 atom stereocenters. The molecular formula is C15H26N2O2. The molecule has 4 heteroatoms. The van der Waals surface area contributed by atoms with Gasteiger partial charge in [0.15, 0.2) is 0 Å². The summed E-state index contributed by atoms with van der Waals surface area (Å²) in [6.45, 7) is 2.89. The van der Waals surface area contributed by atoms with E-state index >= 15 is 0 Å². The van der Waals surface area contributed by atoms with E-state index in [1.807, 2.05) is 0 Å². The number of carboxylic acids is 1. The molecule has 0 bridgehead atoms. The molecule has 2 N–H and O–H groups in total. The number of aliphatic carboxylic acids is 1. The summed E-state index contributed by atoms with van der Waals surface area (Å²) in [5, 5.41) is 13.3. The molecule has 0 amide bonds. The summed E-state index contributed by atoms with van der Waals surface area (Å²) < 4.78 is 0. The normalized spacial score (nSPS) is 37.6. The van der Waals surface area contributed by atoms with Crippen LogP contribution in [-0.2, 0) is 4.79 Å². The van der Waals surface area contributed by atoms with E-state index in [4.69, 9.17) is 0 Å². The van der Waals surface area contributed by atoms with Gasteiger partial charge in [-0.15, -0.1) is 0 Å². The number of nitrogens with one attached hydrogen (secondary N) is 1. The predicted molar refractivity (Wildman–Crippen MR) is 74.2 cm³/mol. The highest BCUT2D eigenvalue weighted by atomic mass is 16.4. The number of nitrogens with zero attached hydrogens (tertiary/aromatic N) is 1. The molecule has 1 aliphatic heterocycles. The molecule has 108 valence electrons. The maximum atomic E-state index is 11.8. The monoisotopic (exact) mass is 266 g/mol. The molecular weight excluding hydrogens is 240 g/mol. The van der Waals surface area contributed by atoms with Crippen molar-refractivity contribution in [2.75, 3.05) is 6.54 Å². The van der Waals surface area contributed by atoms with E-state index in [0.29, 0.717) is 24.7 Å². The third-order valence-corrected chi connectivity index (χ3v) is 5.17. The quantitative estimate of drug-likeness (QED) is 0.817. The summed E-state index contributed by atoms with van der Waals surface area (Å²) >= 11 is 0. The van der Waals surface area contributed by atoms with Crippen molar-refractivity contribution >= 4 is 5.97 Å². The lowest BCUT2D eigenvalue weighted by Gasteiger charge is -2.33. The van der Waals surface area contributed by atoms with Crippen molar-refractivity contribution in [1.29, 1.82) is 0 Å². The van der Waals surface area contributed by atoms with E-state index in [2.05, 4.69) is 17.1 Å². The number of hydrogen-bond donors (Lipinski definition) is 2. The molecule has 2 saturated carbocycles. The second kappa shape index (κ2) is 5.06. The van der Waals surface area contributed by atoms with E-state index in [1.54, 1.807) is 0 Å². The van der Waals surface area contributed by atoms with Gasteiger partial charge in [-0.3, -0.25) is 15.0 Å². The Labute approximate surface area is 115 Å². The Kier molecular flexibility index (Phi) is 3.56. The third kappa shape index (κ3) is 2.65. The Bertz CT molecular complexity index is 350. The first-order chi connectivity index (χ1) is 9.11. The number of carboxylic acid groups (broad SMARTS) is 1. The minimum absolute atomic E-state index is 0.402. The van der Waals surface area contributed by atoms with Gasteiger partial charge in [0.1, 0.15) is 5.54 Å². The summed E-state index contributed by atoms with van der Waals surface area (Å²) in [6.07, 6.45) is 9.36. The van der Waals surface area contributed by atoms with Gasteiger partial charge in [0, 0.05) is 24.7 Å². The van der Waals surface area contributed by atoms with Crippen LogP contribution in [0.5, 0.6) is 0 Å². The zero-order chi connectivity index (χ0) is 13.5. The van der Waals surface area contributed by atoms with E-state index in [1.165, 1.54) is 32.1 Å². The predicted octanol–water partition coefficient (Wildman–Crippen LogP) is 1.99. The molecule has 3 rings (SSSR count). The van der Waals surface area contributed by atoms with Gasteiger partial charge in [-0.1, -0.05) is 19.3 Å². The molecule has 3 fully saturated rings. The lowest BCUT2D eigenvalue weighted by atomic mass is 9.90. The van der Waals surface area contributed by atoms with Gasteiger partial charge in [-0.25, -0.2) is 0 Å². The first kappa shape index (κ1) is 13.4. The maximum Gasteiger partial charge on any atom is 0.325 e. The zero-order valence-corrected chi connectivity index (χ0v) is 11.9. The summed E-state index contributed by atoms with van der Waals surface area (Å²) in [5.41, 5.74) is -0.690. The van der Waals surface area contributed by atoms with Gasteiger partial charge in [0.2, 0.25) is 0 Å². The van der Waals surface area contributed by atoms with E-state index in [-0.39, 0.29) is 0 Å². The fourth-order valence-corrected chi connectivity index (χ4v) is 4.01. The maximum absolute atomic E-state index is 11.8. The van der Waals surface area contributed by atoms with Gasteiger partial charge in [0.05, 0.1) is 0 Å². The number of rotatable bonds is 4. The van der Waals surface area contributed by atoms with Crippen molar-refractivity contribution in [2.45, 2.75) is 82.0 Å². The first-order valence-electron chi connectivity index (χ1n) is 7.87. The van der Waals surface area contributed by atoms with Crippen LogP contribution in [-0.4, -0.2) is 46.2 Å². The van der Waals surface area contributed by atoms with Crippen LogP contribution < -0.4 is 5.32 Å². The molecule has 0 spiro atoms. The fourth-order valence-electron chi connectivity index (χ4n) is 4.01. The Balaban J connectivity index is 1.70. The molecule has 0 aromatic carbocycles. The van der Waals surface area contributed by atoms with Crippen molar-refractivity contribution < 1.29 is 9.90 Å². The Morgan fingerprint density at radius 1 is 1.21 bits per heavy atom. The van der Waals surface area contributed by atoms with Crippen LogP contribution in [0.4, 0.5) is 0 Å². The van der Waals surface area contributed by atoms with Crippen molar-refractivity contribution in [1.82, 2.24) is 10.2 Å². The van der Waals surface area contributed by atoms with Gasteiger partial charge in [-0.05, 0) is 39.0 Å². The lowest BCUT2D eigenvalue weighted by Crippen LogP contribution is -2.58. The number of likely N-dealkylation sites (tertiary alicyclic amines) is 1. The van der Waals surface area contributed by atoms with Gasteiger partial charge in [-0.2, -0.15) is 0 Å². The van der Waals surface area contributed by atoms with Crippen molar-refractivity contribution in [3.05, 3.63) is 0 Å². The number of carbonyl (C=O) groups is 1. The lowest BCUT2D eigenvalue weighted by molar-refractivity contribution is -0.144. The molecule has 3 aliphatic rings. The van der Waals surface area contributed by atoms with E-state index in [0.717, 1.165) is 19.3 Å². The second-order valence-electron chi connectivity index (χ2n) is 6.82. The molecule has 0 aromatic heterocycles. The fraction of sp³-hybridized carbons (Fsp3) is 0.933. The van der Waals surface area contributed by atoms with Crippen LogP contribution >= 0.6 is 0 Å². The molecule has 0 aromatic rings. The summed E-state index contributed by atoms with van der Waals surface area (Å²) in [4.78, 5) is 14.3. The topological polar surface area (TPSA) is 52.6 Å². The van der Waals surface area contributed by atoms with E-state index < -0.39 is 11.5 Å². The van der Waals surface area contributed by atoms with Crippen molar-refractivity contribution in [3.63, 3.8) is 0 Å². The number of hydrogen-bond acceptors (Lipinski definition) is 3. The van der Waals surface area contributed by atoms with Crippen LogP contribution in [0, 0.1) is 0 Å². The second-order valence-corrected chi connectivity index (χ2v) is 6.82. The van der Waals surface area contributed by atoms with Crippen molar-refractivity contribution in [3.8, 4) is 0 Å². The smallest absolute Gasteiger partial charge is 0.325 e. The van der Waals surface area contributed by atoms with Crippen LogP contribution in [0.2, 0.25) is 0 Å². The minimum Gasteiger partial charge on any atom is -0.480 e. The van der Waals surface area contributed by atoms with Crippen LogP contribution in [0.15, 0.2) is 0 Å². The van der Waals surface area contributed by atoms with Crippen LogP contribution in [0.3, 0.4) is 0 Å². The molecule has 1 heterocycles. The Morgan fingerprint density at radius 3 is 2.47 bits per heavy atom. The molecule has 2 aliphatic carbocycles. The average molecular weight is 266 g/mol. The first-order valence-corrected chi connectivity index (χ1v) is 7.87. The highest BCUT2D eigenvalue weighted by Crippen LogP contribution is 2.38. The molecule has 4 nitrogen and oxygen atoms in total. The highest BCUT2D eigenvalue weighted by Gasteiger charge is 2.52. The van der Waals surface area contributed by atoms with Crippen LogP contribution in [0.25, 0.3) is 0 Å². The molecule has 2 unspecified atom stereocenters. The summed E-state index contributed by atoms with van der Waals surface area (Å²) in [6, 6.07) is 1.47. The average Bonchev–Trinajstić information content (AvgIpc) is 3.16.